The number of likely N-dealkylation sites (tertiary alicyclic amines) is 1. The van der Waals surface area contributed by atoms with E-state index in [4.69, 9.17) is 4.74 Å². The van der Waals surface area contributed by atoms with E-state index in [9.17, 15) is 14.4 Å². The van der Waals surface area contributed by atoms with Gasteiger partial charge in [-0.05, 0) is 50.1 Å². The molecule has 1 aliphatic rings. The number of nitrogens with one attached hydrogen (secondary N) is 1. The predicted molar refractivity (Wildman–Crippen MR) is 106 cm³/mol. The largest absolute Gasteiger partial charge is 0.469 e. The number of esters is 1. The summed E-state index contributed by atoms with van der Waals surface area (Å²) in [5, 5.41) is 2.83. The Balaban J connectivity index is 1.64. The van der Waals surface area contributed by atoms with Crippen LogP contribution in [0.3, 0.4) is 0 Å². The number of nitrogens with zero attached hydrogens (tertiary/aromatic N) is 1. The Hall–Kier alpha value is -3.15. The fraction of sp³-hybridized carbons (Fsp3) is 0.318. The van der Waals surface area contributed by atoms with Gasteiger partial charge >= 0.3 is 5.97 Å². The zero-order chi connectivity index (χ0) is 20.1. The molecule has 0 spiro atoms. The lowest BCUT2D eigenvalue weighted by atomic mass is 9.96. The SMILES string of the molecule is COC(=O)C1CCN(C(=O)c2cccc(NC(=O)c3ccc(C)cc3)c2)CC1. The summed E-state index contributed by atoms with van der Waals surface area (Å²) in [6.45, 7) is 2.99. The maximum absolute atomic E-state index is 12.8. The fourth-order valence-electron chi connectivity index (χ4n) is 3.31. The lowest BCUT2D eigenvalue weighted by Crippen LogP contribution is -2.40. The highest BCUT2D eigenvalue weighted by Gasteiger charge is 2.28. The van der Waals surface area contributed by atoms with E-state index in [1.165, 1.54) is 7.11 Å². The highest BCUT2D eigenvalue weighted by Crippen LogP contribution is 2.21. The van der Waals surface area contributed by atoms with Crippen molar-refractivity contribution in [3.63, 3.8) is 0 Å². The summed E-state index contributed by atoms with van der Waals surface area (Å²) < 4.78 is 4.78. The highest BCUT2D eigenvalue weighted by atomic mass is 16.5. The van der Waals surface area contributed by atoms with Crippen molar-refractivity contribution in [2.75, 3.05) is 25.5 Å². The van der Waals surface area contributed by atoms with E-state index < -0.39 is 0 Å². The lowest BCUT2D eigenvalue weighted by molar-refractivity contribution is -0.146. The van der Waals surface area contributed by atoms with E-state index in [-0.39, 0.29) is 23.7 Å². The summed E-state index contributed by atoms with van der Waals surface area (Å²) in [7, 11) is 1.39. The van der Waals surface area contributed by atoms with Gasteiger partial charge in [0.15, 0.2) is 0 Å². The number of piperidine rings is 1. The molecule has 1 N–H and O–H groups in total. The van der Waals surface area contributed by atoms with Gasteiger partial charge in [0.1, 0.15) is 0 Å². The van der Waals surface area contributed by atoms with Gasteiger partial charge in [-0.2, -0.15) is 0 Å². The first-order chi connectivity index (χ1) is 13.5. The van der Waals surface area contributed by atoms with Crippen LogP contribution in [0.4, 0.5) is 5.69 Å². The average Bonchev–Trinajstić information content (AvgIpc) is 2.73. The normalized spacial score (nSPS) is 14.4. The molecule has 3 rings (SSSR count). The molecular formula is C22H24N2O4. The van der Waals surface area contributed by atoms with Crippen LogP contribution in [0.1, 0.15) is 39.1 Å². The smallest absolute Gasteiger partial charge is 0.308 e. The third-order valence-electron chi connectivity index (χ3n) is 5.00. The first-order valence-corrected chi connectivity index (χ1v) is 9.33. The molecule has 6 heteroatoms. The predicted octanol–water partition coefficient (Wildman–Crippen LogP) is 3.27. The number of benzene rings is 2. The van der Waals surface area contributed by atoms with Crippen molar-refractivity contribution in [2.45, 2.75) is 19.8 Å². The lowest BCUT2D eigenvalue weighted by Gasteiger charge is -2.30. The van der Waals surface area contributed by atoms with Crippen LogP contribution in [0.5, 0.6) is 0 Å². The molecule has 2 aromatic carbocycles. The molecule has 0 radical (unpaired) electrons. The van der Waals surface area contributed by atoms with E-state index in [1.807, 2.05) is 19.1 Å². The molecule has 1 saturated heterocycles. The molecule has 1 fully saturated rings. The Morgan fingerprint density at radius 3 is 2.32 bits per heavy atom. The molecule has 1 aliphatic heterocycles. The van der Waals surface area contributed by atoms with Crippen molar-refractivity contribution in [3.05, 3.63) is 65.2 Å². The van der Waals surface area contributed by atoms with Crippen molar-refractivity contribution >= 4 is 23.5 Å². The van der Waals surface area contributed by atoms with Gasteiger partial charge in [0.25, 0.3) is 11.8 Å². The maximum atomic E-state index is 12.8. The van der Waals surface area contributed by atoms with E-state index in [0.717, 1.165) is 5.56 Å². The van der Waals surface area contributed by atoms with Crippen LogP contribution < -0.4 is 5.32 Å². The Morgan fingerprint density at radius 2 is 1.68 bits per heavy atom. The highest BCUT2D eigenvalue weighted by molar-refractivity contribution is 6.05. The van der Waals surface area contributed by atoms with Crippen LogP contribution in [-0.2, 0) is 9.53 Å². The molecule has 6 nitrogen and oxygen atoms in total. The van der Waals surface area contributed by atoms with E-state index in [2.05, 4.69) is 5.32 Å². The van der Waals surface area contributed by atoms with Crippen LogP contribution in [-0.4, -0.2) is 42.9 Å². The first-order valence-electron chi connectivity index (χ1n) is 9.33. The van der Waals surface area contributed by atoms with Crippen molar-refractivity contribution in [2.24, 2.45) is 5.92 Å². The molecule has 0 bridgehead atoms. The number of ether oxygens (including phenoxy) is 1. The summed E-state index contributed by atoms with van der Waals surface area (Å²) in [5.74, 6) is -0.680. The maximum Gasteiger partial charge on any atom is 0.308 e. The topological polar surface area (TPSA) is 75.7 Å². The van der Waals surface area contributed by atoms with Crippen molar-refractivity contribution in [1.29, 1.82) is 0 Å². The second-order valence-corrected chi connectivity index (χ2v) is 6.99. The average molecular weight is 380 g/mol. The molecule has 2 amide bonds. The third kappa shape index (κ3) is 4.57. The quantitative estimate of drug-likeness (QED) is 0.826. The van der Waals surface area contributed by atoms with Crippen LogP contribution in [0.25, 0.3) is 0 Å². The molecule has 0 unspecified atom stereocenters. The summed E-state index contributed by atoms with van der Waals surface area (Å²) in [4.78, 5) is 38.5. The summed E-state index contributed by atoms with van der Waals surface area (Å²) in [6, 6.07) is 14.2. The molecule has 28 heavy (non-hydrogen) atoms. The standard InChI is InChI=1S/C22H24N2O4/c1-15-6-8-16(9-7-15)20(25)23-19-5-3-4-18(14-19)21(26)24-12-10-17(11-13-24)22(27)28-2/h3-9,14,17H,10-13H2,1-2H3,(H,23,25). The zero-order valence-electron chi connectivity index (χ0n) is 16.1. The molecule has 146 valence electrons. The van der Waals surface area contributed by atoms with Crippen molar-refractivity contribution in [3.8, 4) is 0 Å². The first kappa shape index (κ1) is 19.6. The van der Waals surface area contributed by atoms with Gasteiger partial charge in [-0.1, -0.05) is 23.8 Å². The zero-order valence-corrected chi connectivity index (χ0v) is 16.1. The minimum atomic E-state index is -0.219. The molecule has 0 aromatic heterocycles. The number of rotatable bonds is 4. The van der Waals surface area contributed by atoms with E-state index in [0.29, 0.717) is 42.7 Å². The number of hydrogen-bond donors (Lipinski definition) is 1. The van der Waals surface area contributed by atoms with Crippen LogP contribution >= 0.6 is 0 Å². The number of anilines is 1. The number of carbonyl (C=O) groups is 3. The molecule has 0 atom stereocenters. The van der Waals surface area contributed by atoms with Gasteiger partial charge in [-0.3, -0.25) is 14.4 Å². The number of aryl methyl sites for hydroxylation is 1. The van der Waals surface area contributed by atoms with E-state index >= 15 is 0 Å². The minimum absolute atomic E-state index is 0.102. The fourth-order valence-corrected chi connectivity index (χ4v) is 3.31. The van der Waals surface area contributed by atoms with Crippen LogP contribution in [0, 0.1) is 12.8 Å². The summed E-state index contributed by atoms with van der Waals surface area (Å²) in [5.41, 5.74) is 2.73. The Kier molecular flexibility index (Phi) is 6.09. The second kappa shape index (κ2) is 8.69. The molecule has 1 heterocycles. The Labute approximate surface area is 164 Å². The van der Waals surface area contributed by atoms with Gasteiger partial charge in [-0.15, -0.1) is 0 Å². The summed E-state index contributed by atoms with van der Waals surface area (Å²) in [6.07, 6.45) is 1.20. The third-order valence-corrected chi connectivity index (χ3v) is 5.00. The Bertz CT molecular complexity index is 868. The minimum Gasteiger partial charge on any atom is -0.469 e. The van der Waals surface area contributed by atoms with Gasteiger partial charge in [0, 0.05) is 29.9 Å². The van der Waals surface area contributed by atoms with Gasteiger partial charge in [-0.25, -0.2) is 0 Å². The van der Waals surface area contributed by atoms with Crippen molar-refractivity contribution < 1.29 is 19.1 Å². The summed E-state index contributed by atoms with van der Waals surface area (Å²) >= 11 is 0. The number of hydrogen-bond acceptors (Lipinski definition) is 4. The van der Waals surface area contributed by atoms with Gasteiger partial charge < -0.3 is 15.0 Å². The van der Waals surface area contributed by atoms with E-state index in [1.54, 1.807) is 41.3 Å². The Morgan fingerprint density at radius 1 is 1.00 bits per heavy atom. The second-order valence-electron chi connectivity index (χ2n) is 6.99. The number of methoxy groups -OCH3 is 1. The van der Waals surface area contributed by atoms with Crippen LogP contribution in [0.2, 0.25) is 0 Å². The molecule has 0 aliphatic carbocycles. The monoisotopic (exact) mass is 380 g/mol. The number of amides is 2. The van der Waals surface area contributed by atoms with Crippen LogP contribution in [0.15, 0.2) is 48.5 Å². The van der Waals surface area contributed by atoms with Crippen molar-refractivity contribution in [1.82, 2.24) is 4.90 Å². The van der Waals surface area contributed by atoms with Gasteiger partial charge in [0.05, 0.1) is 13.0 Å². The van der Waals surface area contributed by atoms with Gasteiger partial charge in [0.2, 0.25) is 0 Å². The number of carbonyl (C=O) groups excluding carboxylic acids is 3. The molecule has 0 saturated carbocycles. The molecular weight excluding hydrogens is 356 g/mol. The molecule has 2 aromatic rings.